The van der Waals surface area contributed by atoms with Gasteiger partial charge in [-0.1, -0.05) is 42.5 Å². The number of hydrogen-bond acceptors (Lipinski definition) is 2. The number of pyridine rings is 1. The van der Waals surface area contributed by atoms with Crippen LogP contribution in [0.3, 0.4) is 0 Å². The number of fused-ring (bicyclic) bond motifs is 1. The number of para-hydroxylation sites is 1. The van der Waals surface area contributed by atoms with E-state index in [4.69, 9.17) is 0 Å². The third kappa shape index (κ3) is 3.54. The van der Waals surface area contributed by atoms with Crippen LogP contribution in [0.4, 0.5) is 22.0 Å². The molecule has 0 saturated carbocycles. The van der Waals surface area contributed by atoms with Crippen LogP contribution in [0.15, 0.2) is 72.9 Å². The van der Waals surface area contributed by atoms with E-state index in [1.54, 1.807) is 18.2 Å². The Hall–Kier alpha value is -3.61. The van der Waals surface area contributed by atoms with Gasteiger partial charge in [-0.25, -0.2) is 8.78 Å². The zero-order chi connectivity index (χ0) is 21.5. The number of halogens is 5. The number of rotatable bonds is 3. The van der Waals surface area contributed by atoms with Gasteiger partial charge in [0, 0.05) is 34.3 Å². The second-order valence-electron chi connectivity index (χ2n) is 6.60. The number of ketones is 1. The van der Waals surface area contributed by atoms with Crippen LogP contribution in [0, 0.1) is 11.6 Å². The Balaban J connectivity index is 2.09. The van der Waals surface area contributed by atoms with Gasteiger partial charge in [-0.3, -0.25) is 9.78 Å². The van der Waals surface area contributed by atoms with E-state index in [0.29, 0.717) is 6.07 Å². The number of alkyl halides is 3. The number of carbonyl (C=O) groups excluding carboxylic acids is 1. The van der Waals surface area contributed by atoms with Crippen molar-refractivity contribution in [3.8, 4) is 11.1 Å². The Morgan fingerprint density at radius 2 is 1.50 bits per heavy atom. The lowest BCUT2D eigenvalue weighted by Crippen LogP contribution is -2.09. The summed E-state index contributed by atoms with van der Waals surface area (Å²) in [5.41, 5.74) is -1.27. The van der Waals surface area contributed by atoms with Crippen molar-refractivity contribution < 1.29 is 26.7 Å². The monoisotopic (exact) mass is 413 g/mol. The summed E-state index contributed by atoms with van der Waals surface area (Å²) in [6, 6.07) is 14.0. The molecule has 0 spiro atoms. The molecule has 4 rings (SSSR count). The topological polar surface area (TPSA) is 30.0 Å². The van der Waals surface area contributed by atoms with E-state index < -0.39 is 34.7 Å². The molecule has 7 heteroatoms. The van der Waals surface area contributed by atoms with Gasteiger partial charge in [0.15, 0.2) is 5.78 Å². The lowest BCUT2D eigenvalue weighted by molar-refractivity contribution is -0.136. The van der Waals surface area contributed by atoms with Crippen molar-refractivity contribution in [2.24, 2.45) is 0 Å². The van der Waals surface area contributed by atoms with E-state index in [0.717, 1.165) is 24.4 Å². The minimum absolute atomic E-state index is 0.0154. The molecule has 30 heavy (non-hydrogen) atoms. The standard InChI is InChI=1S/C23H12F5NO/c24-15-9-14(10-16(25)11-15)20-17-7-4-8-19(23(26,27)28)21(17)29-12-18(20)22(30)13-5-2-1-3-6-13/h1-12H. The summed E-state index contributed by atoms with van der Waals surface area (Å²) < 4.78 is 68.3. The molecule has 1 heterocycles. The highest BCUT2D eigenvalue weighted by Crippen LogP contribution is 2.39. The van der Waals surface area contributed by atoms with E-state index in [9.17, 15) is 26.7 Å². The summed E-state index contributed by atoms with van der Waals surface area (Å²) in [4.78, 5) is 17.0. The summed E-state index contributed by atoms with van der Waals surface area (Å²) in [7, 11) is 0. The Morgan fingerprint density at radius 1 is 0.833 bits per heavy atom. The van der Waals surface area contributed by atoms with Crippen LogP contribution >= 0.6 is 0 Å². The molecular formula is C23H12F5NO. The molecule has 0 atom stereocenters. The lowest BCUT2D eigenvalue weighted by Gasteiger charge is -2.16. The minimum atomic E-state index is -4.69. The van der Waals surface area contributed by atoms with Crippen molar-refractivity contribution >= 4 is 16.7 Å². The maximum absolute atomic E-state index is 13.9. The molecule has 2 nitrogen and oxygen atoms in total. The summed E-state index contributed by atoms with van der Waals surface area (Å²) in [5, 5.41) is -0.0309. The van der Waals surface area contributed by atoms with Gasteiger partial charge in [-0.2, -0.15) is 13.2 Å². The number of aromatic nitrogens is 1. The number of carbonyl (C=O) groups is 1. The van der Waals surface area contributed by atoms with E-state index in [2.05, 4.69) is 4.98 Å². The number of benzene rings is 3. The van der Waals surface area contributed by atoms with Crippen LogP contribution < -0.4 is 0 Å². The van der Waals surface area contributed by atoms with Gasteiger partial charge in [-0.15, -0.1) is 0 Å². The molecule has 0 radical (unpaired) electrons. The van der Waals surface area contributed by atoms with Crippen molar-refractivity contribution in [1.29, 1.82) is 0 Å². The number of hydrogen-bond donors (Lipinski definition) is 0. The average Bonchev–Trinajstić information content (AvgIpc) is 2.71. The van der Waals surface area contributed by atoms with E-state index in [1.165, 1.54) is 24.3 Å². The van der Waals surface area contributed by atoms with Gasteiger partial charge >= 0.3 is 6.18 Å². The Morgan fingerprint density at radius 3 is 2.13 bits per heavy atom. The van der Waals surface area contributed by atoms with E-state index >= 15 is 0 Å². The molecule has 3 aromatic carbocycles. The summed E-state index contributed by atoms with van der Waals surface area (Å²) in [6.07, 6.45) is -3.67. The maximum atomic E-state index is 13.9. The molecule has 0 N–H and O–H groups in total. The Bertz CT molecular complexity index is 1250. The third-order valence-electron chi connectivity index (χ3n) is 4.63. The van der Waals surface area contributed by atoms with Crippen molar-refractivity contribution in [3.63, 3.8) is 0 Å². The molecule has 0 aliphatic rings. The van der Waals surface area contributed by atoms with Gasteiger partial charge in [0.05, 0.1) is 11.1 Å². The predicted octanol–water partition coefficient (Wildman–Crippen LogP) is 6.43. The van der Waals surface area contributed by atoms with Gasteiger partial charge in [0.25, 0.3) is 0 Å². The van der Waals surface area contributed by atoms with Crippen LogP contribution in [-0.4, -0.2) is 10.8 Å². The highest BCUT2D eigenvalue weighted by Gasteiger charge is 2.34. The summed E-state index contributed by atoms with van der Waals surface area (Å²) >= 11 is 0. The molecular weight excluding hydrogens is 401 g/mol. The van der Waals surface area contributed by atoms with Crippen LogP contribution in [-0.2, 0) is 6.18 Å². The minimum Gasteiger partial charge on any atom is -0.289 e. The average molecular weight is 413 g/mol. The second kappa shape index (κ2) is 7.33. The fourth-order valence-electron chi connectivity index (χ4n) is 3.38. The smallest absolute Gasteiger partial charge is 0.289 e. The molecule has 150 valence electrons. The van der Waals surface area contributed by atoms with Gasteiger partial charge in [0.1, 0.15) is 11.6 Å². The lowest BCUT2D eigenvalue weighted by atomic mass is 9.91. The zero-order valence-electron chi connectivity index (χ0n) is 15.2. The molecule has 0 amide bonds. The largest absolute Gasteiger partial charge is 0.418 e. The zero-order valence-corrected chi connectivity index (χ0v) is 15.2. The second-order valence-corrected chi connectivity index (χ2v) is 6.60. The van der Waals surface area contributed by atoms with Gasteiger partial charge in [0.2, 0.25) is 0 Å². The Labute approximate surface area is 167 Å². The van der Waals surface area contributed by atoms with Crippen LogP contribution in [0.2, 0.25) is 0 Å². The first-order chi connectivity index (χ1) is 14.3. The SMILES string of the molecule is O=C(c1ccccc1)c1cnc2c(C(F)(F)F)cccc2c1-c1cc(F)cc(F)c1. The van der Waals surface area contributed by atoms with Crippen molar-refractivity contribution in [1.82, 2.24) is 4.98 Å². The molecule has 0 fully saturated rings. The normalized spacial score (nSPS) is 11.6. The van der Waals surface area contributed by atoms with Crippen LogP contribution in [0.1, 0.15) is 21.5 Å². The highest BCUT2D eigenvalue weighted by atomic mass is 19.4. The fourth-order valence-corrected chi connectivity index (χ4v) is 3.38. The highest BCUT2D eigenvalue weighted by molar-refractivity contribution is 6.16. The molecule has 4 aromatic rings. The summed E-state index contributed by atoms with van der Waals surface area (Å²) in [5.74, 6) is -2.36. The number of nitrogens with zero attached hydrogens (tertiary/aromatic N) is 1. The van der Waals surface area contributed by atoms with Crippen molar-refractivity contribution in [2.45, 2.75) is 6.18 Å². The van der Waals surface area contributed by atoms with Crippen molar-refractivity contribution in [2.75, 3.05) is 0 Å². The molecule has 0 aliphatic heterocycles. The quantitative estimate of drug-likeness (QED) is 0.286. The first kappa shape index (κ1) is 19.7. The molecule has 0 saturated heterocycles. The first-order valence-corrected chi connectivity index (χ1v) is 8.81. The van der Waals surface area contributed by atoms with Crippen LogP contribution in [0.25, 0.3) is 22.0 Å². The van der Waals surface area contributed by atoms with Gasteiger partial charge in [-0.05, 0) is 23.8 Å². The molecule has 0 aliphatic carbocycles. The molecule has 1 aromatic heterocycles. The first-order valence-electron chi connectivity index (χ1n) is 8.81. The molecule has 0 unspecified atom stereocenters. The van der Waals surface area contributed by atoms with Crippen molar-refractivity contribution in [3.05, 3.63) is 101 Å². The van der Waals surface area contributed by atoms with Crippen LogP contribution in [0.5, 0.6) is 0 Å². The summed E-state index contributed by atoms with van der Waals surface area (Å²) in [6.45, 7) is 0. The van der Waals surface area contributed by atoms with E-state index in [1.807, 2.05) is 0 Å². The van der Waals surface area contributed by atoms with Gasteiger partial charge < -0.3 is 0 Å². The van der Waals surface area contributed by atoms with E-state index in [-0.39, 0.29) is 27.6 Å². The predicted molar refractivity (Wildman–Crippen MR) is 102 cm³/mol. The molecule has 0 bridgehead atoms. The fraction of sp³-hybridized carbons (Fsp3) is 0.0435. The third-order valence-corrected chi connectivity index (χ3v) is 4.63. The Kier molecular flexibility index (Phi) is 4.81. The maximum Gasteiger partial charge on any atom is 0.418 e.